The van der Waals surface area contributed by atoms with Crippen LogP contribution < -0.4 is 11.0 Å². The number of thioether (sulfide) groups is 1. The van der Waals surface area contributed by atoms with Gasteiger partial charge in [-0.25, -0.2) is 4.79 Å². The summed E-state index contributed by atoms with van der Waals surface area (Å²) in [6.45, 7) is 10.1. The molecule has 0 aliphatic heterocycles. The van der Waals surface area contributed by atoms with Gasteiger partial charge in [-0.2, -0.15) is 4.98 Å². The van der Waals surface area contributed by atoms with Gasteiger partial charge in [0.25, 0.3) is 0 Å². The maximum atomic E-state index is 12.8. The molecule has 0 atom stereocenters. The number of hydrogen-bond acceptors (Lipinski definition) is 5. The molecule has 1 aliphatic rings. The van der Waals surface area contributed by atoms with Crippen LogP contribution in [0.1, 0.15) is 49.9 Å². The molecule has 0 saturated heterocycles. The third-order valence-electron chi connectivity index (χ3n) is 5.88. The molecular formula is C24H34N4O2S. The second-order valence-electron chi connectivity index (χ2n) is 8.07. The highest BCUT2D eigenvalue weighted by atomic mass is 32.2. The van der Waals surface area contributed by atoms with Crippen molar-refractivity contribution in [2.24, 2.45) is 0 Å². The van der Waals surface area contributed by atoms with Gasteiger partial charge in [0.15, 0.2) is 0 Å². The van der Waals surface area contributed by atoms with E-state index in [0.717, 1.165) is 73.7 Å². The van der Waals surface area contributed by atoms with Crippen LogP contribution in [-0.4, -0.2) is 45.7 Å². The predicted molar refractivity (Wildman–Crippen MR) is 128 cm³/mol. The van der Waals surface area contributed by atoms with Gasteiger partial charge in [0.2, 0.25) is 5.91 Å². The maximum absolute atomic E-state index is 12.8. The molecule has 0 fully saturated rings. The van der Waals surface area contributed by atoms with Crippen molar-refractivity contribution in [3.63, 3.8) is 0 Å². The van der Waals surface area contributed by atoms with E-state index in [2.05, 4.69) is 29.0 Å². The molecule has 0 saturated carbocycles. The molecule has 31 heavy (non-hydrogen) atoms. The highest BCUT2D eigenvalue weighted by molar-refractivity contribution is 8.00. The summed E-state index contributed by atoms with van der Waals surface area (Å²) in [5, 5.41) is 3.65. The Morgan fingerprint density at radius 3 is 2.58 bits per heavy atom. The number of nitrogens with zero attached hydrogens (tertiary/aromatic N) is 3. The van der Waals surface area contributed by atoms with Crippen molar-refractivity contribution in [2.45, 2.75) is 64.4 Å². The lowest BCUT2D eigenvalue weighted by Crippen LogP contribution is -2.32. The quantitative estimate of drug-likeness (QED) is 0.447. The van der Waals surface area contributed by atoms with Crippen LogP contribution in [0.25, 0.3) is 0 Å². The number of aryl methyl sites for hydroxylation is 1. The highest BCUT2D eigenvalue weighted by Gasteiger charge is 2.21. The lowest BCUT2D eigenvalue weighted by molar-refractivity contribution is -0.113. The standard InChI is InChI=1S/C24H34N4O2S/c1-4-27(5-2)15-8-16-28-21-10-7-6-9-20(21)23(26-24(28)30)31-17-22(29)25-19-13-11-18(3)12-14-19/h11-14H,4-10,15-17H2,1-3H3,(H,25,29). The average Bonchev–Trinajstić information content (AvgIpc) is 2.78. The second kappa shape index (κ2) is 11.5. The number of hydrogen-bond donors (Lipinski definition) is 1. The molecular weight excluding hydrogens is 408 g/mol. The first kappa shape index (κ1) is 23.5. The van der Waals surface area contributed by atoms with E-state index in [1.54, 1.807) is 0 Å². The summed E-state index contributed by atoms with van der Waals surface area (Å²) < 4.78 is 1.88. The molecule has 0 spiro atoms. The number of fused-ring (bicyclic) bond motifs is 1. The van der Waals surface area contributed by atoms with Gasteiger partial charge in [0.05, 0.1) is 5.75 Å². The van der Waals surface area contributed by atoms with Crippen LogP contribution in [0.2, 0.25) is 0 Å². The predicted octanol–water partition coefficient (Wildman–Crippen LogP) is 3.89. The Kier molecular flexibility index (Phi) is 8.72. The van der Waals surface area contributed by atoms with Crippen LogP contribution in [0.15, 0.2) is 34.1 Å². The Labute approximate surface area is 189 Å². The zero-order valence-electron chi connectivity index (χ0n) is 18.9. The van der Waals surface area contributed by atoms with Crippen LogP contribution in [0.3, 0.4) is 0 Å². The molecule has 0 bridgehead atoms. The van der Waals surface area contributed by atoms with Gasteiger partial charge in [-0.3, -0.25) is 9.36 Å². The minimum Gasteiger partial charge on any atom is -0.325 e. The van der Waals surface area contributed by atoms with Gasteiger partial charge in [-0.05, 0) is 70.8 Å². The van der Waals surface area contributed by atoms with Gasteiger partial charge in [0, 0.05) is 23.5 Å². The zero-order chi connectivity index (χ0) is 22.2. The third-order valence-corrected chi connectivity index (χ3v) is 6.89. The van der Waals surface area contributed by atoms with Crippen molar-refractivity contribution in [1.29, 1.82) is 0 Å². The molecule has 7 heteroatoms. The van der Waals surface area contributed by atoms with Crippen LogP contribution in [0.4, 0.5) is 5.69 Å². The summed E-state index contributed by atoms with van der Waals surface area (Å²) in [5.74, 6) is 0.169. The largest absolute Gasteiger partial charge is 0.348 e. The van der Waals surface area contributed by atoms with Crippen molar-refractivity contribution in [3.05, 3.63) is 51.6 Å². The molecule has 1 N–H and O–H groups in total. The van der Waals surface area contributed by atoms with Gasteiger partial charge in [0.1, 0.15) is 5.03 Å². The van der Waals surface area contributed by atoms with Crippen LogP contribution in [0, 0.1) is 6.92 Å². The molecule has 1 amide bonds. The van der Waals surface area contributed by atoms with Gasteiger partial charge in [-0.15, -0.1) is 0 Å². The Balaban J connectivity index is 1.68. The highest BCUT2D eigenvalue weighted by Crippen LogP contribution is 2.28. The lowest BCUT2D eigenvalue weighted by atomic mass is 9.97. The van der Waals surface area contributed by atoms with E-state index in [1.807, 2.05) is 35.8 Å². The molecule has 1 aromatic carbocycles. The van der Waals surface area contributed by atoms with Gasteiger partial charge >= 0.3 is 5.69 Å². The molecule has 0 radical (unpaired) electrons. The summed E-state index contributed by atoms with van der Waals surface area (Å²) in [5.41, 5.74) is 4.06. The molecule has 1 aliphatic carbocycles. The average molecular weight is 443 g/mol. The summed E-state index contributed by atoms with van der Waals surface area (Å²) in [6.07, 6.45) is 5.00. The van der Waals surface area contributed by atoms with Crippen molar-refractivity contribution in [3.8, 4) is 0 Å². The lowest BCUT2D eigenvalue weighted by Gasteiger charge is -2.23. The number of carbonyl (C=O) groups excluding carboxylic acids is 1. The number of aromatic nitrogens is 2. The second-order valence-corrected chi connectivity index (χ2v) is 9.03. The molecule has 2 aromatic rings. The van der Waals surface area contributed by atoms with Gasteiger partial charge < -0.3 is 10.2 Å². The van der Waals surface area contributed by atoms with Crippen molar-refractivity contribution >= 4 is 23.4 Å². The summed E-state index contributed by atoms with van der Waals surface area (Å²) >= 11 is 1.38. The summed E-state index contributed by atoms with van der Waals surface area (Å²) in [6, 6.07) is 7.75. The molecule has 168 valence electrons. The third kappa shape index (κ3) is 6.43. The number of amides is 1. The number of nitrogens with one attached hydrogen (secondary N) is 1. The number of rotatable bonds is 10. The minimum absolute atomic E-state index is 0.0800. The topological polar surface area (TPSA) is 67.2 Å². The number of anilines is 1. The van der Waals surface area contributed by atoms with E-state index in [-0.39, 0.29) is 17.3 Å². The van der Waals surface area contributed by atoms with E-state index in [4.69, 9.17) is 0 Å². The molecule has 3 rings (SSSR count). The molecule has 0 unspecified atom stereocenters. The van der Waals surface area contributed by atoms with E-state index in [9.17, 15) is 9.59 Å². The Morgan fingerprint density at radius 2 is 1.87 bits per heavy atom. The normalized spacial score (nSPS) is 13.3. The van der Waals surface area contributed by atoms with Crippen molar-refractivity contribution < 1.29 is 4.79 Å². The van der Waals surface area contributed by atoms with E-state index >= 15 is 0 Å². The fraction of sp³-hybridized carbons (Fsp3) is 0.542. The van der Waals surface area contributed by atoms with Gasteiger partial charge in [-0.1, -0.05) is 43.3 Å². The molecule has 1 aromatic heterocycles. The monoisotopic (exact) mass is 442 g/mol. The molecule has 1 heterocycles. The fourth-order valence-electron chi connectivity index (χ4n) is 4.06. The first-order valence-corrected chi connectivity index (χ1v) is 12.3. The summed E-state index contributed by atoms with van der Waals surface area (Å²) in [7, 11) is 0. The molecule has 6 nitrogen and oxygen atoms in total. The Morgan fingerprint density at radius 1 is 1.16 bits per heavy atom. The Hall–Kier alpha value is -2.12. The van der Waals surface area contributed by atoms with E-state index in [1.165, 1.54) is 17.3 Å². The van der Waals surface area contributed by atoms with Crippen molar-refractivity contribution in [2.75, 3.05) is 30.7 Å². The smallest absolute Gasteiger partial charge is 0.325 e. The first-order valence-electron chi connectivity index (χ1n) is 11.4. The first-order chi connectivity index (χ1) is 15.0. The van der Waals surface area contributed by atoms with E-state index < -0.39 is 0 Å². The van der Waals surface area contributed by atoms with Crippen molar-refractivity contribution in [1.82, 2.24) is 14.5 Å². The van der Waals surface area contributed by atoms with E-state index in [0.29, 0.717) is 6.54 Å². The van der Waals surface area contributed by atoms with Crippen LogP contribution in [-0.2, 0) is 24.2 Å². The maximum Gasteiger partial charge on any atom is 0.348 e. The Bertz CT molecular complexity index is 936. The minimum atomic E-state index is -0.179. The van der Waals surface area contributed by atoms with Crippen LogP contribution in [0.5, 0.6) is 0 Å². The number of carbonyl (C=O) groups is 1. The summed E-state index contributed by atoms with van der Waals surface area (Å²) in [4.78, 5) is 32.0. The zero-order valence-corrected chi connectivity index (χ0v) is 19.8. The SMILES string of the molecule is CCN(CC)CCCn1c2c(c(SCC(=O)Nc3ccc(C)cc3)nc1=O)CCCC2. The van der Waals surface area contributed by atoms with Crippen LogP contribution >= 0.6 is 11.8 Å². The fourth-order valence-corrected chi connectivity index (χ4v) is 4.93. The number of benzene rings is 1.